The number of fused-ring (bicyclic) bond motifs is 1. The molecule has 1 aliphatic rings. The molecule has 0 spiro atoms. The monoisotopic (exact) mass is 489 g/mol. The Bertz CT molecular complexity index is 1350. The fraction of sp³-hybridized carbons (Fsp3) is 0.304. The number of halogens is 1. The maximum absolute atomic E-state index is 14.4. The topological polar surface area (TPSA) is 81.0 Å². The second-order valence-electron chi connectivity index (χ2n) is 7.67. The Morgan fingerprint density at radius 1 is 1.24 bits per heavy atom. The highest BCUT2D eigenvalue weighted by Crippen LogP contribution is 2.26. The third-order valence-electron chi connectivity index (χ3n) is 5.67. The van der Waals surface area contributed by atoms with Crippen molar-refractivity contribution in [3.63, 3.8) is 0 Å². The normalized spacial score (nSPS) is 16.2. The first-order valence-electron chi connectivity index (χ1n) is 10.5. The lowest BCUT2D eigenvalue weighted by Gasteiger charge is -2.29. The molecule has 0 aliphatic carbocycles. The van der Waals surface area contributed by atoms with Gasteiger partial charge in [-0.05, 0) is 49.2 Å². The molecular formula is C23H24FN3O4S2. The summed E-state index contributed by atoms with van der Waals surface area (Å²) in [5.41, 5.74) is 0.398. The summed E-state index contributed by atoms with van der Waals surface area (Å²) in [6.07, 6.45) is 2.38. The maximum Gasteiger partial charge on any atom is 0.251 e. The molecule has 0 saturated carbocycles. The molecule has 0 N–H and O–H groups in total. The van der Waals surface area contributed by atoms with Crippen LogP contribution in [0.5, 0.6) is 5.75 Å². The van der Waals surface area contributed by atoms with Gasteiger partial charge in [0, 0.05) is 25.6 Å². The average Bonchev–Trinajstić information content (AvgIpc) is 3.17. The van der Waals surface area contributed by atoms with Crippen LogP contribution in [0.3, 0.4) is 0 Å². The summed E-state index contributed by atoms with van der Waals surface area (Å²) >= 11 is 1.25. The molecule has 1 aromatic heterocycles. The predicted octanol–water partition coefficient (Wildman–Crippen LogP) is 3.56. The van der Waals surface area contributed by atoms with Gasteiger partial charge in [-0.25, -0.2) is 12.8 Å². The number of piperidine rings is 1. The number of carbonyl (C=O) groups excluding carboxylic acids is 1. The molecule has 1 aliphatic heterocycles. The van der Waals surface area contributed by atoms with Crippen molar-refractivity contribution in [3.8, 4) is 5.75 Å². The van der Waals surface area contributed by atoms with E-state index in [9.17, 15) is 17.6 Å². The van der Waals surface area contributed by atoms with Gasteiger partial charge in [-0.1, -0.05) is 23.5 Å². The van der Waals surface area contributed by atoms with E-state index in [1.54, 1.807) is 34.9 Å². The first-order chi connectivity index (χ1) is 15.8. The number of thiazole rings is 1. The molecule has 1 fully saturated rings. The zero-order valence-electron chi connectivity index (χ0n) is 18.1. The fourth-order valence-electron chi connectivity index (χ4n) is 3.90. The summed E-state index contributed by atoms with van der Waals surface area (Å²) in [4.78, 5) is 17.8. The highest BCUT2D eigenvalue weighted by Gasteiger charge is 2.32. The molecule has 7 nitrogen and oxygen atoms in total. The van der Waals surface area contributed by atoms with E-state index < -0.39 is 10.0 Å². The Balaban J connectivity index is 1.52. The predicted molar refractivity (Wildman–Crippen MR) is 125 cm³/mol. The van der Waals surface area contributed by atoms with Gasteiger partial charge in [-0.2, -0.15) is 9.30 Å². The fourth-order valence-corrected chi connectivity index (χ4v) is 6.43. The zero-order chi connectivity index (χ0) is 23.6. The van der Waals surface area contributed by atoms with Crippen molar-refractivity contribution >= 4 is 37.5 Å². The Morgan fingerprint density at radius 3 is 2.58 bits per heavy atom. The maximum atomic E-state index is 14.4. The van der Waals surface area contributed by atoms with Crippen molar-refractivity contribution in [2.24, 2.45) is 10.9 Å². The number of amides is 1. The molecule has 0 radical (unpaired) electrons. The van der Waals surface area contributed by atoms with Gasteiger partial charge in [0.2, 0.25) is 10.0 Å². The first kappa shape index (κ1) is 23.3. The lowest BCUT2D eigenvalue weighted by atomic mass is 9.98. The average molecular weight is 490 g/mol. The van der Waals surface area contributed by atoms with Crippen LogP contribution in [-0.4, -0.2) is 43.4 Å². The van der Waals surface area contributed by atoms with Crippen molar-refractivity contribution < 1.29 is 22.3 Å². The SMILES string of the molecule is C=CCn1c(=NC(=O)C2CCN(S(=O)(=O)c3ccc(OC)cc3)CC2)sc2cccc(F)c21. The smallest absolute Gasteiger partial charge is 0.251 e. The van der Waals surface area contributed by atoms with Crippen LogP contribution >= 0.6 is 11.3 Å². The van der Waals surface area contributed by atoms with Gasteiger partial charge in [0.1, 0.15) is 11.6 Å². The van der Waals surface area contributed by atoms with Crippen molar-refractivity contribution in [1.29, 1.82) is 0 Å². The summed E-state index contributed by atoms with van der Waals surface area (Å²) in [6.45, 7) is 4.50. The van der Waals surface area contributed by atoms with E-state index in [1.807, 2.05) is 0 Å². The number of rotatable bonds is 6. The first-order valence-corrected chi connectivity index (χ1v) is 12.7. The number of benzene rings is 2. The molecule has 0 unspecified atom stereocenters. The number of hydrogen-bond acceptors (Lipinski definition) is 5. The molecule has 1 amide bonds. The Kier molecular flexibility index (Phi) is 6.78. The van der Waals surface area contributed by atoms with E-state index in [4.69, 9.17) is 4.74 Å². The lowest BCUT2D eigenvalue weighted by Crippen LogP contribution is -2.40. The number of sulfonamides is 1. The van der Waals surface area contributed by atoms with Crippen molar-refractivity contribution in [2.75, 3.05) is 20.2 Å². The van der Waals surface area contributed by atoms with Crippen LogP contribution in [0.25, 0.3) is 10.2 Å². The highest BCUT2D eigenvalue weighted by molar-refractivity contribution is 7.89. The molecule has 1 saturated heterocycles. The minimum absolute atomic E-state index is 0.190. The number of carbonyl (C=O) groups is 1. The van der Waals surface area contributed by atoms with E-state index in [0.29, 0.717) is 40.2 Å². The third-order valence-corrected chi connectivity index (χ3v) is 8.63. The summed E-state index contributed by atoms with van der Waals surface area (Å²) in [5, 5.41) is 0. The number of para-hydroxylation sites is 1. The summed E-state index contributed by atoms with van der Waals surface area (Å²) < 4.78 is 49.1. The molecular weight excluding hydrogens is 465 g/mol. The molecule has 0 bridgehead atoms. The minimum Gasteiger partial charge on any atom is -0.497 e. The van der Waals surface area contributed by atoms with Crippen molar-refractivity contribution in [1.82, 2.24) is 8.87 Å². The van der Waals surface area contributed by atoms with Gasteiger partial charge in [-0.3, -0.25) is 4.79 Å². The van der Waals surface area contributed by atoms with Crippen LogP contribution in [0.1, 0.15) is 12.8 Å². The van der Waals surface area contributed by atoms with Gasteiger partial charge in [0.15, 0.2) is 4.80 Å². The Labute approximate surface area is 195 Å². The van der Waals surface area contributed by atoms with E-state index in [0.717, 1.165) is 0 Å². The number of allylic oxidation sites excluding steroid dienone is 1. The van der Waals surface area contributed by atoms with Crippen LogP contribution < -0.4 is 9.54 Å². The Morgan fingerprint density at radius 2 is 1.94 bits per heavy atom. The third kappa shape index (κ3) is 4.64. The Hall–Kier alpha value is -2.82. The number of ether oxygens (including phenoxy) is 1. The van der Waals surface area contributed by atoms with Gasteiger partial charge in [-0.15, -0.1) is 6.58 Å². The van der Waals surface area contributed by atoms with Gasteiger partial charge >= 0.3 is 0 Å². The lowest BCUT2D eigenvalue weighted by molar-refractivity contribution is -0.122. The van der Waals surface area contributed by atoms with Gasteiger partial charge in [0.25, 0.3) is 5.91 Å². The molecule has 2 heterocycles. The number of nitrogens with zero attached hydrogens (tertiary/aromatic N) is 3. The van der Waals surface area contributed by atoms with Gasteiger partial charge in [0.05, 0.1) is 22.2 Å². The molecule has 2 aromatic carbocycles. The minimum atomic E-state index is -3.65. The van der Waals surface area contributed by atoms with Crippen molar-refractivity contribution in [2.45, 2.75) is 24.3 Å². The van der Waals surface area contributed by atoms with Crippen LogP contribution in [0.2, 0.25) is 0 Å². The molecule has 10 heteroatoms. The van der Waals surface area contributed by atoms with E-state index in [2.05, 4.69) is 11.6 Å². The second kappa shape index (κ2) is 9.58. The van der Waals surface area contributed by atoms with Crippen LogP contribution in [0.15, 0.2) is 65.0 Å². The van der Waals surface area contributed by atoms with Crippen LogP contribution in [-0.2, 0) is 21.4 Å². The van der Waals surface area contributed by atoms with Crippen molar-refractivity contribution in [3.05, 3.63) is 65.7 Å². The number of hydrogen-bond donors (Lipinski definition) is 0. The molecule has 174 valence electrons. The zero-order valence-corrected chi connectivity index (χ0v) is 19.7. The van der Waals surface area contributed by atoms with E-state index >= 15 is 0 Å². The number of methoxy groups -OCH3 is 1. The molecule has 33 heavy (non-hydrogen) atoms. The largest absolute Gasteiger partial charge is 0.497 e. The second-order valence-corrected chi connectivity index (χ2v) is 10.6. The molecule has 4 rings (SSSR count). The van der Waals surface area contributed by atoms with E-state index in [-0.39, 0.29) is 35.6 Å². The molecule has 3 aromatic rings. The standard InChI is InChI=1S/C23H24FN3O4S2/c1-3-13-27-21-19(24)5-4-6-20(21)32-23(27)25-22(28)16-11-14-26(15-12-16)33(29,30)18-9-7-17(31-2)8-10-18/h3-10,16H,1,11-15H2,2H3. The van der Waals surface area contributed by atoms with E-state index in [1.165, 1.54) is 41.0 Å². The van der Waals surface area contributed by atoms with Crippen LogP contribution in [0.4, 0.5) is 4.39 Å². The summed E-state index contributed by atoms with van der Waals surface area (Å²) in [5.74, 6) is -0.507. The summed E-state index contributed by atoms with van der Waals surface area (Å²) in [7, 11) is -2.13. The van der Waals surface area contributed by atoms with Gasteiger partial charge < -0.3 is 9.30 Å². The molecule has 0 atom stereocenters. The highest BCUT2D eigenvalue weighted by atomic mass is 32.2. The summed E-state index contributed by atoms with van der Waals surface area (Å²) in [6, 6.07) is 11.0. The number of aromatic nitrogens is 1. The quantitative estimate of drug-likeness (QED) is 0.496. The van der Waals surface area contributed by atoms with Crippen LogP contribution in [0, 0.1) is 11.7 Å².